The molecule has 146 valence electrons. The van der Waals surface area contributed by atoms with Crippen molar-refractivity contribution in [1.82, 2.24) is 0 Å². The van der Waals surface area contributed by atoms with Crippen LogP contribution >= 0.6 is 0 Å². The number of hydrogen-bond donors (Lipinski definition) is 0. The van der Waals surface area contributed by atoms with Crippen LogP contribution in [0.4, 0.5) is 0 Å². The molecule has 1 aliphatic carbocycles. The Morgan fingerprint density at radius 2 is 1.06 bits per heavy atom. The van der Waals surface area contributed by atoms with E-state index in [1.165, 1.54) is 10.8 Å². The molecule has 0 saturated carbocycles. The Morgan fingerprint density at radius 3 is 1.74 bits per heavy atom. The van der Waals surface area contributed by atoms with Crippen LogP contribution < -0.4 is 4.74 Å². The largest absolute Gasteiger partial charge is 0.453 e. The van der Waals surface area contributed by atoms with Gasteiger partial charge in [-0.2, -0.15) is 0 Å². The normalized spacial score (nSPS) is 13.5. The first-order chi connectivity index (χ1) is 15.2. The molecule has 31 heavy (non-hydrogen) atoms. The lowest BCUT2D eigenvalue weighted by molar-refractivity contribution is -0.113. The van der Waals surface area contributed by atoms with Crippen molar-refractivity contribution in [3.8, 4) is 5.75 Å². The van der Waals surface area contributed by atoms with E-state index in [-0.39, 0.29) is 5.76 Å². The van der Waals surface area contributed by atoms with E-state index >= 15 is 0 Å². The number of Topliss-reactive ketones (excluding diaryl/α,β-unsaturated/α-hetero) is 2. The Hall–Kier alpha value is -4.24. The van der Waals surface area contributed by atoms with Crippen LogP contribution in [0.2, 0.25) is 0 Å². The Morgan fingerprint density at radius 1 is 0.516 bits per heavy atom. The molecule has 0 heterocycles. The van der Waals surface area contributed by atoms with E-state index < -0.39 is 11.6 Å². The van der Waals surface area contributed by atoms with Crippen LogP contribution in [0.1, 0.15) is 15.9 Å². The molecule has 1 aliphatic rings. The van der Waals surface area contributed by atoms with Gasteiger partial charge in [0.2, 0.25) is 5.78 Å². The van der Waals surface area contributed by atoms with Crippen molar-refractivity contribution in [2.45, 2.75) is 0 Å². The fraction of sp³-hybridized carbons (Fsp3) is 0. The SMILES string of the molecule is O=C1C(=O)c2cc3cc4cc5ccccc5cc4cc3cc2C=C1Oc1ccccc1. The standard InChI is InChI=1S/C28H16O3/c29-27-25-15-22-13-20-11-18-7-5-4-6-17(18)10-19(20)12-21(22)14-23(25)16-26(28(27)30)31-24-8-2-1-3-9-24/h1-16H. The van der Waals surface area contributed by atoms with E-state index in [0.29, 0.717) is 16.9 Å². The molecule has 5 aromatic rings. The second-order valence-corrected chi connectivity index (χ2v) is 7.77. The summed E-state index contributed by atoms with van der Waals surface area (Å²) in [6.45, 7) is 0. The van der Waals surface area contributed by atoms with E-state index in [9.17, 15) is 9.59 Å². The van der Waals surface area contributed by atoms with Crippen LogP contribution in [0.15, 0.2) is 96.8 Å². The fourth-order valence-electron chi connectivity index (χ4n) is 4.21. The second-order valence-electron chi connectivity index (χ2n) is 7.77. The maximum absolute atomic E-state index is 12.8. The minimum absolute atomic E-state index is 0.0508. The van der Waals surface area contributed by atoms with Gasteiger partial charge in [0.15, 0.2) is 5.76 Å². The molecule has 0 fully saturated rings. The van der Waals surface area contributed by atoms with E-state index in [1.807, 2.05) is 42.5 Å². The third-order valence-electron chi connectivity index (χ3n) is 5.76. The molecule has 0 radical (unpaired) electrons. The fourth-order valence-corrected chi connectivity index (χ4v) is 4.21. The van der Waals surface area contributed by atoms with Crippen molar-refractivity contribution in [3.63, 3.8) is 0 Å². The molecule has 0 unspecified atom stereocenters. The van der Waals surface area contributed by atoms with Gasteiger partial charge in [-0.15, -0.1) is 0 Å². The highest BCUT2D eigenvalue weighted by molar-refractivity contribution is 6.51. The average Bonchev–Trinajstić information content (AvgIpc) is 2.79. The molecular formula is C28H16O3. The van der Waals surface area contributed by atoms with Gasteiger partial charge in [-0.3, -0.25) is 9.59 Å². The van der Waals surface area contributed by atoms with Gasteiger partial charge < -0.3 is 4.74 Å². The van der Waals surface area contributed by atoms with Gasteiger partial charge in [-0.1, -0.05) is 42.5 Å². The van der Waals surface area contributed by atoms with Crippen molar-refractivity contribution >= 4 is 50.0 Å². The molecule has 3 nitrogen and oxygen atoms in total. The van der Waals surface area contributed by atoms with Crippen LogP contribution in [-0.4, -0.2) is 11.6 Å². The summed E-state index contributed by atoms with van der Waals surface area (Å²) in [6.07, 6.45) is 1.66. The maximum Gasteiger partial charge on any atom is 0.268 e. The molecule has 5 aromatic carbocycles. The van der Waals surface area contributed by atoms with Crippen LogP contribution in [0, 0.1) is 0 Å². The summed E-state index contributed by atoms with van der Waals surface area (Å²) in [5.41, 5.74) is 1.11. The average molecular weight is 400 g/mol. The van der Waals surface area contributed by atoms with Gasteiger partial charge in [0.1, 0.15) is 5.75 Å². The van der Waals surface area contributed by atoms with E-state index in [0.717, 1.165) is 21.5 Å². The molecule has 0 amide bonds. The molecule has 0 saturated heterocycles. The van der Waals surface area contributed by atoms with Gasteiger partial charge in [-0.25, -0.2) is 0 Å². The van der Waals surface area contributed by atoms with Crippen molar-refractivity contribution in [2.24, 2.45) is 0 Å². The minimum atomic E-state index is -0.623. The molecule has 3 heteroatoms. The topological polar surface area (TPSA) is 43.4 Å². The van der Waals surface area contributed by atoms with Crippen molar-refractivity contribution in [1.29, 1.82) is 0 Å². The summed E-state index contributed by atoms with van der Waals surface area (Å²) >= 11 is 0. The number of benzene rings is 5. The number of allylic oxidation sites excluding steroid dienone is 1. The smallest absolute Gasteiger partial charge is 0.268 e. The first-order valence-electron chi connectivity index (χ1n) is 10.1. The van der Waals surface area contributed by atoms with Crippen LogP contribution in [0.25, 0.3) is 38.4 Å². The van der Waals surface area contributed by atoms with E-state index in [2.05, 4.69) is 36.4 Å². The second kappa shape index (κ2) is 6.64. The third kappa shape index (κ3) is 2.90. The lowest BCUT2D eigenvalue weighted by atomic mass is 9.90. The number of carbonyl (C=O) groups is 2. The molecule has 0 spiro atoms. The summed E-state index contributed by atoms with van der Waals surface area (Å²) in [7, 11) is 0. The zero-order valence-corrected chi connectivity index (χ0v) is 16.5. The third-order valence-corrected chi connectivity index (χ3v) is 5.76. The lowest BCUT2D eigenvalue weighted by Crippen LogP contribution is -2.24. The highest BCUT2D eigenvalue weighted by Gasteiger charge is 2.29. The number of fused-ring (bicyclic) bond motifs is 4. The summed E-state index contributed by atoms with van der Waals surface area (Å²) < 4.78 is 5.72. The molecule has 6 rings (SSSR count). The van der Waals surface area contributed by atoms with Gasteiger partial charge in [0.05, 0.1) is 0 Å². The summed E-state index contributed by atoms with van der Waals surface area (Å²) in [5.74, 6) is -0.585. The Kier molecular flexibility index (Phi) is 3.77. The predicted octanol–water partition coefficient (Wildman–Crippen LogP) is 6.33. The molecule has 0 N–H and O–H groups in total. The number of ether oxygens (including phenoxy) is 1. The monoisotopic (exact) mass is 400 g/mol. The molecular weight excluding hydrogens is 384 g/mol. The number of rotatable bonds is 2. The van der Waals surface area contributed by atoms with Crippen LogP contribution in [-0.2, 0) is 4.79 Å². The molecule has 0 bridgehead atoms. The summed E-state index contributed by atoms with van der Waals surface area (Å²) in [6, 6.07) is 29.6. The van der Waals surface area contributed by atoms with Gasteiger partial charge >= 0.3 is 0 Å². The number of para-hydroxylation sites is 1. The first-order valence-corrected chi connectivity index (χ1v) is 10.1. The number of hydrogen-bond acceptors (Lipinski definition) is 3. The zero-order chi connectivity index (χ0) is 20.9. The lowest BCUT2D eigenvalue weighted by Gasteiger charge is -2.16. The minimum Gasteiger partial charge on any atom is -0.453 e. The Bertz CT molecular complexity index is 1580. The first kappa shape index (κ1) is 17.6. The van der Waals surface area contributed by atoms with Crippen molar-refractivity contribution in [3.05, 3.63) is 108 Å². The molecule has 0 aliphatic heterocycles. The molecule has 0 atom stereocenters. The van der Waals surface area contributed by atoms with Crippen LogP contribution in [0.5, 0.6) is 5.75 Å². The van der Waals surface area contributed by atoms with Crippen molar-refractivity contribution in [2.75, 3.05) is 0 Å². The highest BCUT2D eigenvalue weighted by Crippen LogP contribution is 2.32. The zero-order valence-electron chi connectivity index (χ0n) is 16.5. The maximum atomic E-state index is 12.8. The highest BCUT2D eigenvalue weighted by atomic mass is 16.5. The Labute approximate surface area is 178 Å². The quantitative estimate of drug-likeness (QED) is 0.257. The summed E-state index contributed by atoms with van der Waals surface area (Å²) in [5, 5.41) is 6.54. The van der Waals surface area contributed by atoms with Crippen molar-refractivity contribution < 1.29 is 14.3 Å². The number of ketones is 2. The van der Waals surface area contributed by atoms with Gasteiger partial charge in [0.25, 0.3) is 5.78 Å². The Balaban J connectivity index is 1.53. The number of carbonyl (C=O) groups excluding carboxylic acids is 2. The van der Waals surface area contributed by atoms with Crippen LogP contribution in [0.3, 0.4) is 0 Å². The van der Waals surface area contributed by atoms with Gasteiger partial charge in [0, 0.05) is 5.56 Å². The van der Waals surface area contributed by atoms with E-state index in [1.54, 1.807) is 18.2 Å². The predicted molar refractivity (Wildman–Crippen MR) is 123 cm³/mol. The molecule has 0 aromatic heterocycles. The van der Waals surface area contributed by atoms with E-state index in [4.69, 9.17) is 4.74 Å². The summed E-state index contributed by atoms with van der Waals surface area (Å²) in [4.78, 5) is 25.5. The van der Waals surface area contributed by atoms with Gasteiger partial charge in [-0.05, 0) is 92.5 Å².